The Kier molecular flexibility index (Phi) is 6.14. The van der Waals surface area contributed by atoms with E-state index in [1.165, 1.54) is 13.3 Å². The quantitative estimate of drug-likeness (QED) is 0.365. The largest absolute Gasteiger partial charge is 0.453 e. The van der Waals surface area contributed by atoms with Crippen LogP contribution >= 0.6 is 15.9 Å². The number of methoxy groups -OCH3 is 1. The Balaban J connectivity index is 1.81. The Morgan fingerprint density at radius 2 is 2.18 bits per heavy atom. The molecule has 2 aromatic heterocycles. The molecule has 0 aliphatic heterocycles. The fourth-order valence-electron chi connectivity index (χ4n) is 3.86. The van der Waals surface area contributed by atoms with E-state index in [9.17, 15) is 18.0 Å². The molecular formula is C20H19BrF3N6O2Si. The highest BCUT2D eigenvalue weighted by atomic mass is 79.9. The van der Waals surface area contributed by atoms with Gasteiger partial charge in [0, 0.05) is 34.5 Å². The number of alkyl halides is 3. The number of aromatic nitrogens is 3. The first-order chi connectivity index (χ1) is 15.5. The molecule has 13 heteroatoms. The number of carbonyl (C=O) groups is 1. The molecule has 1 aliphatic carbocycles. The number of nitrogens with two attached hydrogens (primary N) is 1. The van der Waals surface area contributed by atoms with E-state index in [1.807, 2.05) is 0 Å². The van der Waals surface area contributed by atoms with E-state index < -0.39 is 23.0 Å². The first-order valence-electron chi connectivity index (χ1n) is 9.91. The van der Waals surface area contributed by atoms with Crippen molar-refractivity contribution < 1.29 is 22.7 Å². The summed E-state index contributed by atoms with van der Waals surface area (Å²) in [5, 5.41) is 5.37. The van der Waals surface area contributed by atoms with Gasteiger partial charge < -0.3 is 20.8 Å². The zero-order valence-corrected chi connectivity index (χ0v) is 19.9. The Labute approximate surface area is 198 Å². The van der Waals surface area contributed by atoms with E-state index in [0.717, 1.165) is 19.0 Å². The highest BCUT2D eigenvalue weighted by Crippen LogP contribution is 2.41. The van der Waals surface area contributed by atoms with Crippen LogP contribution in [0.4, 0.5) is 29.6 Å². The van der Waals surface area contributed by atoms with Crippen molar-refractivity contribution in [1.82, 2.24) is 15.0 Å². The number of ether oxygens (including phenoxy) is 1. The Morgan fingerprint density at radius 3 is 2.82 bits per heavy atom. The fraction of sp³-hybridized carbons (Fsp3) is 0.350. The van der Waals surface area contributed by atoms with E-state index in [0.29, 0.717) is 27.5 Å². The number of halogens is 4. The molecule has 1 amide bonds. The summed E-state index contributed by atoms with van der Waals surface area (Å²) in [4.78, 5) is 22.6. The summed E-state index contributed by atoms with van der Waals surface area (Å²) in [7, 11) is 4.85. The summed E-state index contributed by atoms with van der Waals surface area (Å²) in [6, 6.07) is 2.90. The van der Waals surface area contributed by atoms with Gasteiger partial charge in [-0.1, -0.05) is 6.07 Å². The number of H-pyrrole nitrogens is 1. The Bertz CT molecular complexity index is 1220. The van der Waals surface area contributed by atoms with E-state index in [4.69, 9.17) is 5.73 Å². The Hall–Kier alpha value is -2.64. The maximum Gasteiger partial charge on any atom is 0.419 e. The van der Waals surface area contributed by atoms with Crippen molar-refractivity contribution in [3.63, 3.8) is 0 Å². The van der Waals surface area contributed by atoms with Gasteiger partial charge in [-0.3, -0.25) is 5.32 Å². The van der Waals surface area contributed by atoms with Gasteiger partial charge >= 0.3 is 12.3 Å². The van der Waals surface area contributed by atoms with Gasteiger partial charge in [-0.2, -0.15) is 13.2 Å². The third-order valence-corrected chi connectivity index (χ3v) is 7.19. The van der Waals surface area contributed by atoms with Crippen molar-refractivity contribution >= 4 is 54.8 Å². The molecule has 33 heavy (non-hydrogen) atoms. The monoisotopic (exact) mass is 539 g/mol. The van der Waals surface area contributed by atoms with Crippen LogP contribution in [0.5, 0.6) is 0 Å². The summed E-state index contributed by atoms with van der Waals surface area (Å²) in [6.07, 6.45) is -0.838. The van der Waals surface area contributed by atoms with Gasteiger partial charge in [0.1, 0.15) is 5.56 Å². The van der Waals surface area contributed by atoms with Crippen molar-refractivity contribution in [2.24, 2.45) is 5.73 Å². The Morgan fingerprint density at radius 1 is 1.42 bits per heavy atom. The smallest absolute Gasteiger partial charge is 0.419 e. The lowest BCUT2D eigenvalue weighted by Gasteiger charge is -2.30. The van der Waals surface area contributed by atoms with Crippen LogP contribution in [-0.2, 0) is 10.9 Å². The normalized spacial score (nSPS) is 20.8. The number of benzene rings is 1. The average molecular weight is 540 g/mol. The van der Waals surface area contributed by atoms with Crippen molar-refractivity contribution in [3.05, 3.63) is 34.6 Å². The number of hydrogen-bond donors (Lipinski definition) is 4. The zero-order valence-electron chi connectivity index (χ0n) is 17.3. The first-order valence-corrected chi connectivity index (χ1v) is 11.2. The van der Waals surface area contributed by atoms with Gasteiger partial charge in [0.15, 0.2) is 0 Å². The number of carbonyl (C=O) groups excluding carboxylic acids is 1. The second-order valence-electron chi connectivity index (χ2n) is 7.72. The SMILES string of the molecule is COC(=O)Nc1ccc2c(-c3nc(N[C@@]4([Si])CCC[C@@H]4N)ncc3C(F)(F)F)c[nH]c2c1Br. The van der Waals surface area contributed by atoms with Gasteiger partial charge in [0.25, 0.3) is 0 Å². The van der Waals surface area contributed by atoms with Crippen molar-refractivity contribution in [1.29, 1.82) is 0 Å². The van der Waals surface area contributed by atoms with Crippen LogP contribution in [0.2, 0.25) is 0 Å². The predicted molar refractivity (Wildman–Crippen MR) is 122 cm³/mol. The lowest BCUT2D eigenvalue weighted by molar-refractivity contribution is -0.137. The number of aromatic amines is 1. The van der Waals surface area contributed by atoms with Gasteiger partial charge in [0.2, 0.25) is 5.95 Å². The molecule has 2 atom stereocenters. The number of nitrogens with zero attached hydrogens (tertiary/aromatic N) is 2. The highest BCUT2D eigenvalue weighted by Gasteiger charge is 2.39. The van der Waals surface area contributed by atoms with E-state index in [1.54, 1.807) is 12.1 Å². The lowest BCUT2D eigenvalue weighted by Crippen LogP contribution is -2.50. The summed E-state index contributed by atoms with van der Waals surface area (Å²) < 4.78 is 46.5. The molecule has 1 fully saturated rings. The van der Waals surface area contributed by atoms with Crippen LogP contribution in [0.3, 0.4) is 0 Å². The first kappa shape index (κ1) is 23.5. The van der Waals surface area contributed by atoms with Gasteiger partial charge in [-0.15, -0.1) is 0 Å². The molecule has 4 rings (SSSR count). The molecule has 3 radical (unpaired) electrons. The molecule has 173 valence electrons. The molecule has 5 N–H and O–H groups in total. The van der Waals surface area contributed by atoms with Crippen LogP contribution in [0, 0.1) is 0 Å². The van der Waals surface area contributed by atoms with Gasteiger partial charge in [-0.25, -0.2) is 14.8 Å². The number of rotatable bonds is 4. The second kappa shape index (κ2) is 8.61. The van der Waals surface area contributed by atoms with Crippen molar-refractivity contribution in [2.75, 3.05) is 17.7 Å². The van der Waals surface area contributed by atoms with Crippen LogP contribution in [0.1, 0.15) is 24.8 Å². The highest BCUT2D eigenvalue weighted by molar-refractivity contribution is 9.10. The molecule has 0 unspecified atom stereocenters. The molecule has 0 saturated heterocycles. The summed E-state index contributed by atoms with van der Waals surface area (Å²) in [6.45, 7) is 0. The van der Waals surface area contributed by atoms with Crippen LogP contribution in [0.25, 0.3) is 22.2 Å². The minimum absolute atomic E-state index is 0.0303. The molecular weight excluding hydrogens is 521 g/mol. The second-order valence-corrected chi connectivity index (χ2v) is 9.40. The van der Waals surface area contributed by atoms with Crippen LogP contribution in [0.15, 0.2) is 29.0 Å². The lowest BCUT2D eigenvalue weighted by atomic mass is 10.1. The maximum atomic E-state index is 13.8. The molecule has 2 heterocycles. The van der Waals surface area contributed by atoms with Gasteiger partial charge in [0.05, 0.1) is 38.7 Å². The number of anilines is 2. The molecule has 0 bridgehead atoms. The third kappa shape index (κ3) is 4.44. The average Bonchev–Trinajstić information content (AvgIpc) is 3.33. The topological polar surface area (TPSA) is 118 Å². The predicted octanol–water partition coefficient (Wildman–Crippen LogP) is 4.37. The summed E-state index contributed by atoms with van der Waals surface area (Å²) >= 11 is 3.38. The minimum Gasteiger partial charge on any atom is -0.453 e. The summed E-state index contributed by atoms with van der Waals surface area (Å²) in [5.41, 5.74) is 5.99. The van der Waals surface area contributed by atoms with Gasteiger partial charge in [-0.05, 0) is 41.3 Å². The molecule has 3 aromatic rings. The maximum absolute atomic E-state index is 13.8. The third-order valence-electron chi connectivity index (χ3n) is 5.62. The summed E-state index contributed by atoms with van der Waals surface area (Å²) in [5.74, 6) is 0.0303. The number of nitrogens with one attached hydrogen (secondary N) is 3. The van der Waals surface area contributed by atoms with Crippen molar-refractivity contribution in [3.8, 4) is 11.3 Å². The van der Waals surface area contributed by atoms with E-state index in [2.05, 4.69) is 56.5 Å². The number of fused-ring (bicyclic) bond motifs is 1. The number of hydrogen-bond acceptors (Lipinski definition) is 6. The van der Waals surface area contributed by atoms with E-state index in [-0.39, 0.29) is 23.2 Å². The standard InChI is InChI=1S/C20H19BrF3N6O2Si/c1-32-18(31)28-12-5-4-9-10(7-26-16(9)14(12)21)15-11(20(22,23)24)8-27-17(29-15)30-19(33)6-2-3-13(19)25/h4-5,7-8,13,26H,2-3,6,25H2,1H3,(H,28,31)(H,27,29,30)/t13-,19+/m0/s1. The van der Waals surface area contributed by atoms with Crippen LogP contribution < -0.4 is 16.4 Å². The van der Waals surface area contributed by atoms with Crippen LogP contribution in [-0.4, -0.2) is 49.6 Å². The molecule has 1 saturated carbocycles. The van der Waals surface area contributed by atoms with E-state index >= 15 is 0 Å². The number of amides is 1. The van der Waals surface area contributed by atoms with Crippen molar-refractivity contribution in [2.45, 2.75) is 36.6 Å². The fourth-order valence-corrected chi connectivity index (χ4v) is 4.85. The molecule has 1 aromatic carbocycles. The molecule has 1 aliphatic rings. The minimum atomic E-state index is -4.67. The zero-order chi connectivity index (χ0) is 24.0. The molecule has 8 nitrogen and oxygen atoms in total. The molecule has 0 spiro atoms.